The Morgan fingerprint density at radius 3 is 2.72 bits per heavy atom. The zero-order valence-corrected chi connectivity index (χ0v) is 16.6. The van der Waals surface area contributed by atoms with Crippen molar-refractivity contribution in [2.24, 2.45) is 5.92 Å². The van der Waals surface area contributed by atoms with Crippen LogP contribution in [-0.2, 0) is 6.42 Å². The first kappa shape index (κ1) is 19.0. The van der Waals surface area contributed by atoms with E-state index in [4.69, 9.17) is 9.47 Å². The summed E-state index contributed by atoms with van der Waals surface area (Å²) in [4.78, 5) is 14.9. The number of carbonyl (C=O) groups is 1. The van der Waals surface area contributed by atoms with Crippen LogP contribution in [0.15, 0.2) is 54.9 Å². The summed E-state index contributed by atoms with van der Waals surface area (Å²) in [6, 6.07) is 15.3. The van der Waals surface area contributed by atoms with Gasteiger partial charge in [-0.2, -0.15) is 0 Å². The van der Waals surface area contributed by atoms with E-state index in [-0.39, 0.29) is 5.91 Å². The van der Waals surface area contributed by atoms with E-state index in [9.17, 15) is 4.79 Å². The molecule has 1 aliphatic rings. The third-order valence-corrected chi connectivity index (χ3v) is 5.34. The van der Waals surface area contributed by atoms with E-state index in [1.165, 1.54) is 0 Å². The molecule has 150 valence electrons. The molecule has 1 unspecified atom stereocenters. The Morgan fingerprint density at radius 2 is 1.97 bits per heavy atom. The minimum atomic E-state index is -0.0171. The summed E-state index contributed by atoms with van der Waals surface area (Å²) < 4.78 is 12.6. The van der Waals surface area contributed by atoms with Crippen molar-refractivity contribution >= 4 is 5.91 Å². The summed E-state index contributed by atoms with van der Waals surface area (Å²) >= 11 is 0. The van der Waals surface area contributed by atoms with Gasteiger partial charge in [0.1, 0.15) is 23.7 Å². The molecule has 0 radical (unpaired) electrons. The average molecular weight is 392 g/mol. The standard InChI is InChI=1S/C22H24N4O3/c1-28-18-8-9-19(20(13-18)29-2)22(27)25-11-10-16(14-25)12-21-24-23-15-26(21)17-6-4-3-5-7-17/h3-9,13,15-16H,10-12,14H2,1-2H3. The summed E-state index contributed by atoms with van der Waals surface area (Å²) in [6.45, 7) is 1.41. The third kappa shape index (κ3) is 3.94. The number of aromatic nitrogens is 3. The van der Waals surface area contributed by atoms with E-state index in [0.29, 0.717) is 29.5 Å². The van der Waals surface area contributed by atoms with Crippen molar-refractivity contribution in [1.82, 2.24) is 19.7 Å². The SMILES string of the molecule is COc1ccc(C(=O)N2CCC(Cc3nncn3-c3ccccc3)C2)c(OC)c1. The zero-order valence-electron chi connectivity index (χ0n) is 16.6. The second-order valence-corrected chi connectivity index (χ2v) is 7.13. The fourth-order valence-corrected chi connectivity index (χ4v) is 3.79. The van der Waals surface area contributed by atoms with Crippen molar-refractivity contribution in [2.75, 3.05) is 27.3 Å². The second kappa shape index (κ2) is 8.34. The molecule has 1 saturated heterocycles. The van der Waals surface area contributed by atoms with Gasteiger partial charge < -0.3 is 14.4 Å². The van der Waals surface area contributed by atoms with Gasteiger partial charge in [-0.3, -0.25) is 9.36 Å². The molecule has 7 nitrogen and oxygen atoms in total. The predicted octanol–water partition coefficient (Wildman–Crippen LogP) is 2.99. The Bertz CT molecular complexity index is 987. The predicted molar refractivity (Wildman–Crippen MR) is 109 cm³/mol. The van der Waals surface area contributed by atoms with Crippen LogP contribution >= 0.6 is 0 Å². The molecule has 1 aromatic heterocycles. The first-order valence-corrected chi connectivity index (χ1v) is 9.65. The highest BCUT2D eigenvalue weighted by molar-refractivity contribution is 5.97. The molecule has 7 heteroatoms. The van der Waals surface area contributed by atoms with Gasteiger partial charge in [-0.25, -0.2) is 0 Å². The highest BCUT2D eigenvalue weighted by atomic mass is 16.5. The zero-order chi connectivity index (χ0) is 20.2. The summed E-state index contributed by atoms with van der Waals surface area (Å²) in [7, 11) is 3.16. The molecule has 1 amide bonds. The molecule has 0 N–H and O–H groups in total. The Kier molecular flexibility index (Phi) is 5.46. The molecule has 0 spiro atoms. The van der Waals surface area contributed by atoms with Crippen LogP contribution < -0.4 is 9.47 Å². The largest absolute Gasteiger partial charge is 0.497 e. The van der Waals surface area contributed by atoms with E-state index in [1.54, 1.807) is 38.7 Å². The number of hydrogen-bond donors (Lipinski definition) is 0. The molecule has 2 heterocycles. The molecular formula is C22H24N4O3. The van der Waals surface area contributed by atoms with Crippen molar-refractivity contribution in [1.29, 1.82) is 0 Å². The first-order valence-electron chi connectivity index (χ1n) is 9.65. The maximum atomic E-state index is 13.0. The second-order valence-electron chi connectivity index (χ2n) is 7.13. The summed E-state index contributed by atoms with van der Waals surface area (Å²) in [5, 5.41) is 8.39. The molecule has 0 saturated carbocycles. The number of hydrogen-bond acceptors (Lipinski definition) is 5. The van der Waals surface area contributed by atoms with Crippen LogP contribution in [0, 0.1) is 5.92 Å². The van der Waals surface area contributed by atoms with Gasteiger partial charge >= 0.3 is 0 Å². The van der Waals surface area contributed by atoms with Gasteiger partial charge in [-0.05, 0) is 36.6 Å². The summed E-state index contributed by atoms with van der Waals surface area (Å²) in [5.74, 6) is 2.43. The normalized spacial score (nSPS) is 16.1. The lowest BCUT2D eigenvalue weighted by molar-refractivity contribution is 0.0783. The van der Waals surface area contributed by atoms with Gasteiger partial charge in [0.25, 0.3) is 5.91 Å². The lowest BCUT2D eigenvalue weighted by Crippen LogP contribution is -2.29. The maximum absolute atomic E-state index is 13.0. The van der Waals surface area contributed by atoms with Crippen molar-refractivity contribution in [3.63, 3.8) is 0 Å². The van der Waals surface area contributed by atoms with Crippen LogP contribution in [0.25, 0.3) is 5.69 Å². The number of amides is 1. The molecule has 0 aliphatic carbocycles. The highest BCUT2D eigenvalue weighted by Gasteiger charge is 2.29. The number of ether oxygens (including phenoxy) is 2. The van der Waals surface area contributed by atoms with Crippen LogP contribution in [0.2, 0.25) is 0 Å². The molecule has 2 aromatic carbocycles. The molecule has 4 rings (SSSR count). The third-order valence-electron chi connectivity index (χ3n) is 5.34. The minimum absolute atomic E-state index is 0.0171. The fourth-order valence-electron chi connectivity index (χ4n) is 3.79. The van der Waals surface area contributed by atoms with E-state index < -0.39 is 0 Å². The van der Waals surface area contributed by atoms with E-state index in [2.05, 4.69) is 10.2 Å². The number of benzene rings is 2. The van der Waals surface area contributed by atoms with Gasteiger partial charge in [0.15, 0.2) is 0 Å². The van der Waals surface area contributed by atoms with Crippen LogP contribution in [0.4, 0.5) is 0 Å². The van der Waals surface area contributed by atoms with Gasteiger partial charge in [-0.15, -0.1) is 10.2 Å². The summed E-state index contributed by atoms with van der Waals surface area (Å²) in [6.07, 6.45) is 3.45. The van der Waals surface area contributed by atoms with E-state index in [0.717, 1.165) is 30.9 Å². The lowest BCUT2D eigenvalue weighted by Gasteiger charge is -2.18. The van der Waals surface area contributed by atoms with Crippen LogP contribution in [-0.4, -0.2) is 52.9 Å². The average Bonchev–Trinajstić information content (AvgIpc) is 3.43. The number of nitrogens with zero attached hydrogens (tertiary/aromatic N) is 4. The van der Waals surface area contributed by atoms with E-state index in [1.807, 2.05) is 39.8 Å². The molecule has 29 heavy (non-hydrogen) atoms. The monoisotopic (exact) mass is 392 g/mol. The lowest BCUT2D eigenvalue weighted by atomic mass is 10.0. The van der Waals surface area contributed by atoms with Crippen molar-refractivity contribution in [3.05, 3.63) is 66.2 Å². The summed E-state index contributed by atoms with van der Waals surface area (Å²) in [5.41, 5.74) is 1.60. The highest BCUT2D eigenvalue weighted by Crippen LogP contribution is 2.28. The number of likely N-dealkylation sites (tertiary alicyclic amines) is 1. The number of methoxy groups -OCH3 is 2. The van der Waals surface area contributed by atoms with Crippen molar-refractivity contribution in [2.45, 2.75) is 12.8 Å². The fraction of sp³-hybridized carbons (Fsp3) is 0.318. The molecular weight excluding hydrogens is 368 g/mol. The van der Waals surface area contributed by atoms with Crippen molar-refractivity contribution in [3.8, 4) is 17.2 Å². The minimum Gasteiger partial charge on any atom is -0.497 e. The molecule has 1 fully saturated rings. The van der Waals surface area contributed by atoms with Crippen LogP contribution in [0.1, 0.15) is 22.6 Å². The Hall–Kier alpha value is -3.35. The smallest absolute Gasteiger partial charge is 0.257 e. The topological polar surface area (TPSA) is 69.5 Å². The van der Waals surface area contributed by atoms with Gasteiger partial charge in [0.2, 0.25) is 0 Å². The van der Waals surface area contributed by atoms with Gasteiger partial charge in [0.05, 0.1) is 19.8 Å². The maximum Gasteiger partial charge on any atom is 0.257 e. The molecule has 0 bridgehead atoms. The number of carbonyl (C=O) groups excluding carboxylic acids is 1. The van der Waals surface area contributed by atoms with Crippen LogP contribution in [0.3, 0.4) is 0 Å². The Labute approximate surface area is 169 Å². The quantitative estimate of drug-likeness (QED) is 0.645. The molecule has 1 atom stereocenters. The number of rotatable bonds is 6. The Morgan fingerprint density at radius 1 is 1.14 bits per heavy atom. The van der Waals surface area contributed by atoms with Gasteiger partial charge in [0, 0.05) is 31.3 Å². The molecule has 1 aliphatic heterocycles. The van der Waals surface area contributed by atoms with Crippen LogP contribution in [0.5, 0.6) is 11.5 Å². The molecule has 3 aromatic rings. The van der Waals surface area contributed by atoms with Gasteiger partial charge in [-0.1, -0.05) is 18.2 Å². The first-order chi connectivity index (χ1) is 14.2. The van der Waals surface area contributed by atoms with Crippen molar-refractivity contribution < 1.29 is 14.3 Å². The Balaban J connectivity index is 1.45. The number of para-hydroxylation sites is 1. The van der Waals surface area contributed by atoms with E-state index >= 15 is 0 Å².